The first-order valence-corrected chi connectivity index (χ1v) is 12.0. The quantitative estimate of drug-likeness (QED) is 0.391. The number of halogens is 1. The number of imide groups is 1. The molecule has 0 spiro atoms. The van der Waals surface area contributed by atoms with Crippen LogP contribution in [-0.4, -0.2) is 28.5 Å². The lowest BCUT2D eigenvalue weighted by Crippen LogP contribution is -2.44. The Hall–Kier alpha value is -3.22. The number of hydrogen-bond donors (Lipinski definition) is 0. The largest absolute Gasteiger partial charge is 0.358 e. The molecule has 0 saturated carbocycles. The molecular formula is C26H19ClN2O3S. The van der Waals surface area contributed by atoms with Crippen LogP contribution in [0.25, 0.3) is 6.08 Å². The van der Waals surface area contributed by atoms with Gasteiger partial charge in [-0.25, -0.2) is 4.90 Å². The van der Waals surface area contributed by atoms with Gasteiger partial charge in [-0.15, -0.1) is 11.3 Å². The van der Waals surface area contributed by atoms with E-state index < -0.39 is 17.9 Å². The number of benzene rings is 2. The van der Waals surface area contributed by atoms with Gasteiger partial charge in [0.15, 0.2) is 5.78 Å². The highest BCUT2D eigenvalue weighted by Gasteiger charge is 2.64. The van der Waals surface area contributed by atoms with Crippen LogP contribution >= 0.6 is 22.9 Å². The molecule has 0 aliphatic carbocycles. The number of carbonyl (C=O) groups excluding carboxylic acids is 3. The van der Waals surface area contributed by atoms with E-state index in [0.29, 0.717) is 21.2 Å². The predicted molar refractivity (Wildman–Crippen MR) is 128 cm³/mol. The number of amides is 2. The van der Waals surface area contributed by atoms with Gasteiger partial charge >= 0.3 is 0 Å². The minimum absolute atomic E-state index is 0.127. The Labute approximate surface area is 199 Å². The minimum atomic E-state index is -0.772. The van der Waals surface area contributed by atoms with Crippen molar-refractivity contribution in [2.24, 2.45) is 11.8 Å². The average Bonchev–Trinajstić information content (AvgIpc) is 3.52. The van der Waals surface area contributed by atoms with Crippen molar-refractivity contribution in [3.63, 3.8) is 0 Å². The summed E-state index contributed by atoms with van der Waals surface area (Å²) in [4.78, 5) is 45.2. The number of anilines is 1. The number of nitrogens with zero attached hydrogens (tertiary/aromatic N) is 2. The second kappa shape index (κ2) is 7.40. The zero-order chi connectivity index (χ0) is 22.9. The van der Waals surface area contributed by atoms with Crippen molar-refractivity contribution >= 4 is 52.3 Å². The Balaban J connectivity index is 1.52. The number of thiophene rings is 1. The van der Waals surface area contributed by atoms with Gasteiger partial charge in [-0.05, 0) is 53.3 Å². The minimum Gasteiger partial charge on any atom is -0.358 e. The molecule has 33 heavy (non-hydrogen) atoms. The van der Waals surface area contributed by atoms with Gasteiger partial charge in [-0.3, -0.25) is 14.4 Å². The summed E-state index contributed by atoms with van der Waals surface area (Å²) >= 11 is 7.67. The fourth-order valence-electron chi connectivity index (χ4n) is 5.50. The van der Waals surface area contributed by atoms with E-state index >= 15 is 0 Å². The van der Waals surface area contributed by atoms with Gasteiger partial charge < -0.3 is 4.90 Å². The van der Waals surface area contributed by atoms with Crippen molar-refractivity contribution in [2.45, 2.75) is 19.0 Å². The van der Waals surface area contributed by atoms with Gasteiger partial charge in [0.1, 0.15) is 6.04 Å². The second-order valence-corrected chi connectivity index (χ2v) is 9.93. The lowest BCUT2D eigenvalue weighted by atomic mass is 9.84. The number of hydrogen-bond acceptors (Lipinski definition) is 5. The first-order chi connectivity index (χ1) is 16.0. The third-order valence-electron chi connectivity index (χ3n) is 6.97. The normalized spacial score (nSPS) is 25.3. The standard InChI is InChI=1S/C26H19ClN2O3S/c1-14-17(27)8-4-9-18(14)29-25(31)20-21(26(29)32)23(24(30)19-10-5-13-33-19)28-12-11-15-6-2-3-7-16(15)22(20)28/h2-13,20-23H,1H3/t20-,21-,22-,23+/m1/s1. The van der Waals surface area contributed by atoms with Crippen LogP contribution in [0.15, 0.2) is 66.2 Å². The lowest BCUT2D eigenvalue weighted by Gasteiger charge is -2.35. The summed E-state index contributed by atoms with van der Waals surface area (Å²) in [6.45, 7) is 1.80. The van der Waals surface area contributed by atoms with Crippen molar-refractivity contribution in [1.29, 1.82) is 0 Å². The van der Waals surface area contributed by atoms with Crippen LogP contribution in [0.1, 0.15) is 32.4 Å². The molecule has 2 aromatic carbocycles. The molecule has 1 aromatic heterocycles. The number of rotatable bonds is 3. The summed E-state index contributed by atoms with van der Waals surface area (Å²) in [6, 6.07) is 15.5. The maximum absolute atomic E-state index is 13.9. The third kappa shape index (κ3) is 2.81. The summed E-state index contributed by atoms with van der Waals surface area (Å²) < 4.78 is 0. The molecular weight excluding hydrogens is 456 g/mol. The highest BCUT2D eigenvalue weighted by Crippen LogP contribution is 2.54. The molecule has 0 unspecified atom stereocenters. The summed E-state index contributed by atoms with van der Waals surface area (Å²) in [5.41, 5.74) is 3.12. The van der Waals surface area contributed by atoms with Crippen molar-refractivity contribution in [3.8, 4) is 0 Å². The van der Waals surface area contributed by atoms with E-state index in [4.69, 9.17) is 11.6 Å². The van der Waals surface area contributed by atoms with E-state index in [9.17, 15) is 14.4 Å². The molecule has 4 atom stereocenters. The summed E-state index contributed by atoms with van der Waals surface area (Å²) in [5.74, 6) is -2.18. The molecule has 0 bridgehead atoms. The van der Waals surface area contributed by atoms with Crippen LogP contribution in [0.2, 0.25) is 5.02 Å². The molecule has 4 heterocycles. The first-order valence-electron chi connectivity index (χ1n) is 10.7. The molecule has 3 aliphatic rings. The molecule has 2 saturated heterocycles. The zero-order valence-corrected chi connectivity index (χ0v) is 19.2. The highest BCUT2D eigenvalue weighted by atomic mass is 35.5. The number of Topliss-reactive ketones (excluding diaryl/α,β-unsaturated/α-hetero) is 1. The number of fused-ring (bicyclic) bond motifs is 5. The molecule has 6 rings (SSSR count). The molecule has 164 valence electrons. The number of carbonyl (C=O) groups is 3. The van der Waals surface area contributed by atoms with Crippen LogP contribution in [-0.2, 0) is 9.59 Å². The predicted octanol–water partition coefficient (Wildman–Crippen LogP) is 5.11. The Morgan fingerprint density at radius 3 is 2.55 bits per heavy atom. The van der Waals surface area contributed by atoms with E-state index in [1.54, 1.807) is 31.2 Å². The third-order valence-corrected chi connectivity index (χ3v) is 8.27. The van der Waals surface area contributed by atoms with Crippen molar-refractivity contribution in [3.05, 3.63) is 92.8 Å². The Morgan fingerprint density at radius 2 is 1.76 bits per heavy atom. The van der Waals surface area contributed by atoms with E-state index in [1.165, 1.54) is 16.2 Å². The van der Waals surface area contributed by atoms with Crippen molar-refractivity contribution < 1.29 is 14.4 Å². The zero-order valence-electron chi connectivity index (χ0n) is 17.6. The summed E-state index contributed by atoms with van der Waals surface area (Å²) in [6.07, 6.45) is 3.83. The van der Waals surface area contributed by atoms with E-state index in [0.717, 1.165) is 11.1 Å². The van der Waals surface area contributed by atoms with Gasteiger partial charge in [0.05, 0.1) is 28.4 Å². The molecule has 3 aliphatic heterocycles. The van der Waals surface area contributed by atoms with E-state index in [2.05, 4.69) is 0 Å². The van der Waals surface area contributed by atoms with E-state index in [-0.39, 0.29) is 23.6 Å². The fraction of sp³-hybridized carbons (Fsp3) is 0.192. The van der Waals surface area contributed by atoms with Gasteiger partial charge in [0, 0.05) is 11.2 Å². The highest BCUT2D eigenvalue weighted by molar-refractivity contribution is 7.12. The van der Waals surface area contributed by atoms with Gasteiger partial charge in [0.25, 0.3) is 0 Å². The smallest absolute Gasteiger partial charge is 0.240 e. The second-order valence-electron chi connectivity index (χ2n) is 8.57. The molecule has 7 heteroatoms. The fourth-order valence-corrected chi connectivity index (χ4v) is 6.36. The van der Waals surface area contributed by atoms with Crippen LogP contribution in [0.3, 0.4) is 0 Å². The van der Waals surface area contributed by atoms with Gasteiger partial charge in [-0.1, -0.05) is 48.0 Å². The Morgan fingerprint density at radius 1 is 0.970 bits per heavy atom. The van der Waals surface area contributed by atoms with Crippen LogP contribution in [0, 0.1) is 18.8 Å². The molecule has 0 N–H and O–H groups in total. The van der Waals surface area contributed by atoms with Crippen LogP contribution in [0.4, 0.5) is 5.69 Å². The molecule has 5 nitrogen and oxygen atoms in total. The number of ketones is 1. The van der Waals surface area contributed by atoms with Crippen LogP contribution < -0.4 is 4.90 Å². The SMILES string of the molecule is Cc1c(Cl)cccc1N1C(=O)[C@@H]2[C@@H](C1=O)[C@H]1c3ccccc3C=CN1[C@@H]2C(=O)c1cccs1. The maximum atomic E-state index is 13.9. The molecule has 2 fully saturated rings. The lowest BCUT2D eigenvalue weighted by molar-refractivity contribution is -0.123. The van der Waals surface area contributed by atoms with E-state index in [1.807, 2.05) is 52.9 Å². The van der Waals surface area contributed by atoms with Crippen LogP contribution in [0.5, 0.6) is 0 Å². The topological polar surface area (TPSA) is 57.7 Å². The Kier molecular flexibility index (Phi) is 4.57. The van der Waals surface area contributed by atoms with Crippen molar-refractivity contribution in [2.75, 3.05) is 4.90 Å². The Bertz CT molecular complexity index is 1350. The first kappa shape index (κ1) is 20.4. The molecule has 0 radical (unpaired) electrons. The van der Waals surface area contributed by atoms with Crippen molar-refractivity contribution in [1.82, 2.24) is 4.90 Å². The maximum Gasteiger partial charge on any atom is 0.240 e. The van der Waals surface area contributed by atoms with Gasteiger partial charge in [0.2, 0.25) is 11.8 Å². The summed E-state index contributed by atoms with van der Waals surface area (Å²) in [5, 5.41) is 2.34. The monoisotopic (exact) mass is 474 g/mol. The van der Waals surface area contributed by atoms with Gasteiger partial charge in [-0.2, -0.15) is 0 Å². The average molecular weight is 475 g/mol. The molecule has 2 amide bonds. The summed E-state index contributed by atoms with van der Waals surface area (Å²) in [7, 11) is 0. The molecule has 3 aromatic rings.